The average Bonchev–Trinajstić information content (AvgIpc) is 3.01. The van der Waals surface area contributed by atoms with E-state index in [1.807, 2.05) is 12.3 Å². The van der Waals surface area contributed by atoms with E-state index in [4.69, 9.17) is 0 Å². The van der Waals surface area contributed by atoms with Crippen LogP contribution in [0.15, 0.2) is 31.0 Å². The Morgan fingerprint density at radius 2 is 2.26 bits per heavy atom. The molecule has 1 fully saturated rings. The molecule has 1 atom stereocenters. The van der Waals surface area contributed by atoms with Gasteiger partial charge in [0.05, 0.1) is 11.9 Å². The maximum absolute atomic E-state index is 4.41. The highest BCUT2D eigenvalue weighted by atomic mass is 15.3. The lowest BCUT2D eigenvalue weighted by atomic mass is 9.87. The lowest BCUT2D eigenvalue weighted by Gasteiger charge is -2.28. The van der Waals surface area contributed by atoms with E-state index in [-0.39, 0.29) is 0 Å². The molecule has 1 saturated carbocycles. The van der Waals surface area contributed by atoms with Gasteiger partial charge < -0.3 is 5.32 Å². The highest BCUT2D eigenvalue weighted by Gasteiger charge is 2.34. The van der Waals surface area contributed by atoms with Gasteiger partial charge in [0.2, 0.25) is 0 Å². The average molecular weight is 257 g/mol. The number of hydrogen-bond acceptors (Lipinski definition) is 4. The number of nitrogens with one attached hydrogen (secondary N) is 1. The fraction of sp³-hybridized carbons (Fsp3) is 0.500. The quantitative estimate of drug-likeness (QED) is 0.918. The number of nitrogens with zero attached hydrogens (tertiary/aromatic N) is 4. The van der Waals surface area contributed by atoms with Crippen molar-refractivity contribution < 1.29 is 0 Å². The Labute approximate surface area is 113 Å². The predicted octanol–water partition coefficient (Wildman–Crippen LogP) is 2.65. The topological polar surface area (TPSA) is 55.6 Å². The van der Waals surface area contributed by atoms with Crippen molar-refractivity contribution in [3.8, 4) is 5.82 Å². The smallest absolute Gasteiger partial charge is 0.155 e. The number of hydrogen-bond donors (Lipinski definition) is 1. The van der Waals surface area contributed by atoms with E-state index in [0.29, 0.717) is 11.5 Å². The predicted molar refractivity (Wildman–Crippen MR) is 74.2 cm³/mol. The highest BCUT2D eigenvalue weighted by Crippen LogP contribution is 2.38. The van der Waals surface area contributed by atoms with Crippen LogP contribution in [0, 0.1) is 5.41 Å². The van der Waals surface area contributed by atoms with Gasteiger partial charge in [0.15, 0.2) is 5.82 Å². The molecule has 1 N–H and O–H groups in total. The molecule has 100 valence electrons. The molecule has 1 aliphatic carbocycles. The van der Waals surface area contributed by atoms with Crippen molar-refractivity contribution in [2.75, 3.05) is 5.32 Å². The molecule has 2 heterocycles. The molecule has 0 spiro atoms. The minimum atomic E-state index is 0.366. The fourth-order valence-corrected chi connectivity index (χ4v) is 2.73. The van der Waals surface area contributed by atoms with Gasteiger partial charge in [-0.2, -0.15) is 5.10 Å². The largest absolute Gasteiger partial charge is 0.381 e. The van der Waals surface area contributed by atoms with Crippen molar-refractivity contribution in [1.82, 2.24) is 19.7 Å². The summed E-state index contributed by atoms with van der Waals surface area (Å²) in [5.74, 6) is 0.786. The van der Waals surface area contributed by atoms with E-state index >= 15 is 0 Å². The second kappa shape index (κ2) is 4.64. The summed E-state index contributed by atoms with van der Waals surface area (Å²) in [6.07, 6.45) is 8.85. The zero-order chi connectivity index (χ0) is 13.3. The molecule has 5 nitrogen and oxygen atoms in total. The number of rotatable bonds is 3. The molecular weight excluding hydrogens is 238 g/mol. The van der Waals surface area contributed by atoms with Crippen LogP contribution in [0.5, 0.6) is 0 Å². The molecule has 5 heteroatoms. The van der Waals surface area contributed by atoms with Crippen molar-refractivity contribution in [3.05, 3.63) is 31.0 Å². The Morgan fingerprint density at radius 1 is 1.37 bits per heavy atom. The summed E-state index contributed by atoms with van der Waals surface area (Å²) >= 11 is 0. The van der Waals surface area contributed by atoms with Crippen LogP contribution in [0.1, 0.15) is 33.1 Å². The number of pyridine rings is 1. The molecule has 0 bridgehead atoms. The summed E-state index contributed by atoms with van der Waals surface area (Å²) in [6.45, 7) is 4.66. The number of anilines is 1. The van der Waals surface area contributed by atoms with Crippen LogP contribution < -0.4 is 5.32 Å². The molecule has 2 aromatic rings. The van der Waals surface area contributed by atoms with Gasteiger partial charge in [0.25, 0.3) is 0 Å². The van der Waals surface area contributed by atoms with E-state index in [9.17, 15) is 0 Å². The summed E-state index contributed by atoms with van der Waals surface area (Å²) in [5, 5.41) is 7.66. The van der Waals surface area contributed by atoms with Gasteiger partial charge in [-0.15, -0.1) is 0 Å². The minimum Gasteiger partial charge on any atom is -0.381 e. The summed E-state index contributed by atoms with van der Waals surface area (Å²) in [7, 11) is 0. The molecule has 0 aliphatic heterocycles. The summed E-state index contributed by atoms with van der Waals surface area (Å²) < 4.78 is 1.66. The molecule has 2 aromatic heterocycles. The van der Waals surface area contributed by atoms with Gasteiger partial charge in [-0.05, 0) is 30.4 Å². The minimum absolute atomic E-state index is 0.366. The Kier molecular flexibility index (Phi) is 2.97. The molecule has 0 amide bonds. The monoisotopic (exact) mass is 257 g/mol. The molecule has 19 heavy (non-hydrogen) atoms. The molecule has 0 radical (unpaired) electrons. The van der Waals surface area contributed by atoms with E-state index in [1.165, 1.54) is 25.6 Å². The van der Waals surface area contributed by atoms with Gasteiger partial charge in [0, 0.05) is 6.04 Å². The van der Waals surface area contributed by atoms with E-state index in [1.54, 1.807) is 11.0 Å². The van der Waals surface area contributed by atoms with Crippen LogP contribution >= 0.6 is 0 Å². The van der Waals surface area contributed by atoms with Crippen molar-refractivity contribution in [2.24, 2.45) is 5.41 Å². The van der Waals surface area contributed by atoms with E-state index < -0.39 is 0 Å². The standard InChI is InChI=1S/C14H19N5/c1-14(2)7-3-4-12(14)18-11-5-6-13(16-8-11)19-10-15-9-17-19/h5-6,8-10,12,18H,3-4,7H2,1-2H3. The zero-order valence-corrected chi connectivity index (χ0v) is 11.4. The second-order valence-corrected chi connectivity index (χ2v) is 5.82. The van der Waals surface area contributed by atoms with Gasteiger partial charge in [-0.3, -0.25) is 0 Å². The van der Waals surface area contributed by atoms with E-state index in [0.717, 1.165) is 11.5 Å². The third-order valence-electron chi connectivity index (χ3n) is 4.00. The van der Waals surface area contributed by atoms with Gasteiger partial charge in [0.1, 0.15) is 12.7 Å². The SMILES string of the molecule is CC1(C)CCCC1Nc1ccc(-n2cncn2)nc1. The van der Waals surface area contributed by atoms with Crippen LogP contribution in [0.3, 0.4) is 0 Å². The summed E-state index contributed by atoms with van der Waals surface area (Å²) in [5.41, 5.74) is 1.44. The van der Waals surface area contributed by atoms with Gasteiger partial charge in [-0.25, -0.2) is 14.6 Å². The van der Waals surface area contributed by atoms with Crippen LogP contribution in [0.25, 0.3) is 5.82 Å². The Bertz CT molecular complexity index is 529. The van der Waals surface area contributed by atoms with Crippen molar-refractivity contribution in [1.29, 1.82) is 0 Å². The lowest BCUT2D eigenvalue weighted by Crippen LogP contribution is -2.30. The first-order valence-electron chi connectivity index (χ1n) is 6.73. The third kappa shape index (κ3) is 2.45. The molecular formula is C14H19N5. The number of aromatic nitrogens is 4. The fourth-order valence-electron chi connectivity index (χ4n) is 2.73. The molecule has 3 rings (SSSR count). The van der Waals surface area contributed by atoms with Crippen LogP contribution in [0.4, 0.5) is 5.69 Å². The van der Waals surface area contributed by atoms with Crippen molar-refractivity contribution in [2.45, 2.75) is 39.2 Å². The highest BCUT2D eigenvalue weighted by molar-refractivity contribution is 5.44. The summed E-state index contributed by atoms with van der Waals surface area (Å²) in [6, 6.07) is 4.55. The van der Waals surface area contributed by atoms with Gasteiger partial charge >= 0.3 is 0 Å². The van der Waals surface area contributed by atoms with Crippen LogP contribution in [-0.2, 0) is 0 Å². The maximum atomic E-state index is 4.41. The normalized spacial score (nSPS) is 21.5. The first kappa shape index (κ1) is 12.1. The lowest BCUT2D eigenvalue weighted by molar-refractivity contribution is 0.350. The summed E-state index contributed by atoms with van der Waals surface area (Å²) in [4.78, 5) is 8.33. The van der Waals surface area contributed by atoms with Crippen LogP contribution in [-0.4, -0.2) is 25.8 Å². The molecule has 0 aromatic carbocycles. The molecule has 0 saturated heterocycles. The van der Waals surface area contributed by atoms with Crippen LogP contribution in [0.2, 0.25) is 0 Å². The molecule has 1 unspecified atom stereocenters. The maximum Gasteiger partial charge on any atom is 0.155 e. The molecule has 1 aliphatic rings. The van der Waals surface area contributed by atoms with Crippen molar-refractivity contribution >= 4 is 5.69 Å². The Morgan fingerprint density at radius 3 is 2.84 bits per heavy atom. The first-order chi connectivity index (χ1) is 9.15. The first-order valence-corrected chi connectivity index (χ1v) is 6.73. The van der Waals surface area contributed by atoms with Crippen molar-refractivity contribution in [3.63, 3.8) is 0 Å². The zero-order valence-electron chi connectivity index (χ0n) is 11.4. The second-order valence-electron chi connectivity index (χ2n) is 5.82. The Hall–Kier alpha value is -1.91. The third-order valence-corrected chi connectivity index (χ3v) is 4.00. The Balaban J connectivity index is 1.73. The van der Waals surface area contributed by atoms with E-state index in [2.05, 4.69) is 40.3 Å². The van der Waals surface area contributed by atoms with Gasteiger partial charge in [-0.1, -0.05) is 20.3 Å².